The molecule has 1 saturated carbocycles. The fraction of sp³-hybridized carbons (Fsp3) is 0.900. The second kappa shape index (κ2) is 9.67. The molecule has 0 aromatic heterocycles. The van der Waals surface area contributed by atoms with Crippen molar-refractivity contribution in [3.63, 3.8) is 0 Å². The normalized spacial score (nSPS) is 30.5. The molecule has 1 aliphatic heterocycles. The largest absolute Gasteiger partial charge is 0.376 e. The van der Waals surface area contributed by atoms with Crippen molar-refractivity contribution in [3.05, 3.63) is 0 Å². The van der Waals surface area contributed by atoms with Gasteiger partial charge in [0.2, 0.25) is 5.91 Å². The van der Waals surface area contributed by atoms with Gasteiger partial charge in [-0.25, -0.2) is 0 Å². The molecular formula is C20H36N2O3. The molecule has 2 aliphatic rings. The van der Waals surface area contributed by atoms with Crippen molar-refractivity contribution in [2.45, 2.75) is 90.3 Å². The third-order valence-electron chi connectivity index (χ3n) is 6.01. The lowest BCUT2D eigenvalue weighted by Crippen LogP contribution is -2.56. The standard InChI is InChI=1S/C20H36N2O3/c1-14(2)16-7-9-17(10-8-16)25-13-19-18(21)5-4-12-22(19)20(24)11-6-15(3)23/h14,16-19H,4-13,21H2,1-3H3/t16?,17?,18-,19-/m0/s1. The summed E-state index contributed by atoms with van der Waals surface area (Å²) in [5.41, 5.74) is 6.30. The summed E-state index contributed by atoms with van der Waals surface area (Å²) in [4.78, 5) is 25.5. The number of hydrogen-bond acceptors (Lipinski definition) is 4. The molecule has 1 saturated heterocycles. The zero-order valence-corrected chi connectivity index (χ0v) is 16.2. The van der Waals surface area contributed by atoms with E-state index in [-0.39, 0.29) is 30.2 Å². The first-order valence-electron chi connectivity index (χ1n) is 10.0. The number of nitrogens with zero attached hydrogens (tertiary/aromatic N) is 1. The molecule has 0 aromatic carbocycles. The number of carbonyl (C=O) groups excluding carboxylic acids is 2. The molecule has 5 nitrogen and oxygen atoms in total. The van der Waals surface area contributed by atoms with Crippen molar-refractivity contribution in [2.24, 2.45) is 17.6 Å². The highest BCUT2D eigenvalue weighted by Crippen LogP contribution is 2.31. The highest BCUT2D eigenvalue weighted by Gasteiger charge is 2.33. The van der Waals surface area contributed by atoms with E-state index in [9.17, 15) is 9.59 Å². The minimum atomic E-state index is -0.0453. The van der Waals surface area contributed by atoms with Crippen LogP contribution in [-0.2, 0) is 14.3 Å². The fourth-order valence-corrected chi connectivity index (χ4v) is 4.19. The van der Waals surface area contributed by atoms with Crippen LogP contribution in [0.3, 0.4) is 0 Å². The number of Topliss-reactive ketones (excluding diaryl/α,β-unsaturated/α-hetero) is 1. The lowest BCUT2D eigenvalue weighted by molar-refractivity contribution is -0.139. The Labute approximate surface area is 152 Å². The minimum absolute atomic E-state index is 0.0259. The summed E-state index contributed by atoms with van der Waals surface area (Å²) in [7, 11) is 0. The summed E-state index contributed by atoms with van der Waals surface area (Å²) < 4.78 is 6.19. The van der Waals surface area contributed by atoms with E-state index in [1.807, 2.05) is 4.90 Å². The molecule has 2 N–H and O–H groups in total. The molecule has 2 fully saturated rings. The topological polar surface area (TPSA) is 72.6 Å². The number of ketones is 1. The predicted octanol–water partition coefficient (Wildman–Crippen LogP) is 2.91. The summed E-state index contributed by atoms with van der Waals surface area (Å²) in [6, 6.07) is -0.0712. The Morgan fingerprint density at radius 1 is 1.12 bits per heavy atom. The van der Waals surface area contributed by atoms with Crippen LogP contribution in [-0.4, -0.2) is 47.9 Å². The maximum atomic E-state index is 12.5. The van der Waals surface area contributed by atoms with Crippen molar-refractivity contribution in [1.82, 2.24) is 4.90 Å². The van der Waals surface area contributed by atoms with Crippen LogP contribution < -0.4 is 5.73 Å². The Balaban J connectivity index is 1.84. The Kier molecular flexibility index (Phi) is 7.88. The number of nitrogens with two attached hydrogens (primary N) is 1. The van der Waals surface area contributed by atoms with E-state index in [0.29, 0.717) is 19.1 Å². The summed E-state index contributed by atoms with van der Waals surface area (Å²) in [6.07, 6.45) is 7.48. The number of piperidine rings is 1. The summed E-state index contributed by atoms with van der Waals surface area (Å²) in [6.45, 7) is 7.40. The Bertz CT molecular complexity index is 444. The van der Waals surface area contributed by atoms with E-state index in [1.165, 1.54) is 19.8 Å². The van der Waals surface area contributed by atoms with Crippen LogP contribution in [0.25, 0.3) is 0 Å². The lowest BCUT2D eigenvalue weighted by Gasteiger charge is -2.41. The number of ether oxygens (including phenoxy) is 1. The molecular weight excluding hydrogens is 316 g/mol. The van der Waals surface area contributed by atoms with Gasteiger partial charge in [-0.3, -0.25) is 4.79 Å². The second-order valence-corrected chi connectivity index (χ2v) is 8.28. The predicted molar refractivity (Wildman–Crippen MR) is 99.2 cm³/mol. The quantitative estimate of drug-likeness (QED) is 0.764. The van der Waals surface area contributed by atoms with Crippen LogP contribution in [0.2, 0.25) is 0 Å². The van der Waals surface area contributed by atoms with E-state index in [0.717, 1.165) is 44.1 Å². The van der Waals surface area contributed by atoms with Gasteiger partial charge in [-0.15, -0.1) is 0 Å². The zero-order chi connectivity index (χ0) is 18.4. The van der Waals surface area contributed by atoms with E-state index in [1.54, 1.807) is 0 Å². The Morgan fingerprint density at radius 2 is 1.80 bits per heavy atom. The van der Waals surface area contributed by atoms with Crippen molar-refractivity contribution >= 4 is 11.7 Å². The first kappa shape index (κ1) is 20.4. The average molecular weight is 353 g/mol. The van der Waals surface area contributed by atoms with E-state index < -0.39 is 0 Å². The molecule has 1 heterocycles. The molecule has 2 rings (SSSR count). The van der Waals surface area contributed by atoms with Gasteiger partial charge in [0, 0.05) is 25.4 Å². The molecule has 0 bridgehead atoms. The molecule has 2 atom stereocenters. The van der Waals surface area contributed by atoms with Gasteiger partial charge in [0.1, 0.15) is 5.78 Å². The molecule has 5 heteroatoms. The van der Waals surface area contributed by atoms with Crippen LogP contribution in [0, 0.1) is 11.8 Å². The molecule has 25 heavy (non-hydrogen) atoms. The molecule has 0 spiro atoms. The van der Waals surface area contributed by atoms with Gasteiger partial charge in [0.15, 0.2) is 0 Å². The van der Waals surface area contributed by atoms with Crippen LogP contribution in [0.15, 0.2) is 0 Å². The van der Waals surface area contributed by atoms with Crippen LogP contribution in [0.5, 0.6) is 0 Å². The smallest absolute Gasteiger partial charge is 0.223 e. The van der Waals surface area contributed by atoms with Crippen molar-refractivity contribution < 1.29 is 14.3 Å². The first-order valence-corrected chi connectivity index (χ1v) is 10.0. The molecule has 0 unspecified atom stereocenters. The van der Waals surface area contributed by atoms with Crippen molar-refractivity contribution in [1.29, 1.82) is 0 Å². The Hall–Kier alpha value is -0.940. The summed E-state index contributed by atoms with van der Waals surface area (Å²) in [5, 5.41) is 0. The Morgan fingerprint density at radius 3 is 2.40 bits per heavy atom. The zero-order valence-electron chi connectivity index (χ0n) is 16.2. The lowest BCUT2D eigenvalue weighted by atomic mass is 9.80. The highest BCUT2D eigenvalue weighted by molar-refractivity contribution is 5.83. The molecule has 0 aromatic rings. The number of rotatable bonds is 7. The maximum Gasteiger partial charge on any atom is 0.223 e. The number of carbonyl (C=O) groups is 2. The van der Waals surface area contributed by atoms with Gasteiger partial charge < -0.3 is 20.2 Å². The number of likely N-dealkylation sites (tertiary alicyclic amines) is 1. The van der Waals surface area contributed by atoms with Crippen LogP contribution in [0.1, 0.15) is 72.1 Å². The monoisotopic (exact) mass is 352 g/mol. The van der Waals surface area contributed by atoms with E-state index in [2.05, 4.69) is 13.8 Å². The first-order chi connectivity index (χ1) is 11.9. The van der Waals surface area contributed by atoms with Gasteiger partial charge in [-0.1, -0.05) is 13.8 Å². The van der Waals surface area contributed by atoms with E-state index >= 15 is 0 Å². The fourth-order valence-electron chi connectivity index (χ4n) is 4.19. The molecule has 0 radical (unpaired) electrons. The highest BCUT2D eigenvalue weighted by atomic mass is 16.5. The van der Waals surface area contributed by atoms with E-state index in [4.69, 9.17) is 10.5 Å². The number of hydrogen-bond donors (Lipinski definition) is 1. The van der Waals surface area contributed by atoms with Gasteiger partial charge in [-0.05, 0) is 57.3 Å². The SMILES string of the molecule is CC(=O)CCC(=O)N1CCC[C@H](N)[C@@H]1COC1CCC(C(C)C)CC1. The minimum Gasteiger partial charge on any atom is -0.376 e. The third kappa shape index (κ3) is 6.07. The second-order valence-electron chi connectivity index (χ2n) is 8.28. The van der Waals surface area contributed by atoms with Crippen molar-refractivity contribution in [3.8, 4) is 0 Å². The summed E-state index contributed by atoms with van der Waals surface area (Å²) >= 11 is 0. The molecule has 1 amide bonds. The van der Waals surface area contributed by atoms with Gasteiger partial charge in [0.05, 0.1) is 18.8 Å². The third-order valence-corrected chi connectivity index (χ3v) is 6.01. The van der Waals surface area contributed by atoms with Gasteiger partial charge in [-0.2, -0.15) is 0 Å². The number of amides is 1. The van der Waals surface area contributed by atoms with Gasteiger partial charge in [0.25, 0.3) is 0 Å². The molecule has 1 aliphatic carbocycles. The summed E-state index contributed by atoms with van der Waals surface area (Å²) in [5.74, 6) is 1.68. The van der Waals surface area contributed by atoms with Crippen molar-refractivity contribution in [2.75, 3.05) is 13.2 Å². The van der Waals surface area contributed by atoms with Gasteiger partial charge >= 0.3 is 0 Å². The molecule has 144 valence electrons. The van der Waals surface area contributed by atoms with Crippen LogP contribution in [0.4, 0.5) is 0 Å². The maximum absolute atomic E-state index is 12.5. The van der Waals surface area contributed by atoms with Crippen LogP contribution >= 0.6 is 0 Å². The average Bonchev–Trinajstić information content (AvgIpc) is 2.58.